The fourth-order valence-corrected chi connectivity index (χ4v) is 5.84. The molecule has 13 heteroatoms. The summed E-state index contributed by atoms with van der Waals surface area (Å²) in [7, 11) is 0. The molecule has 0 aliphatic carbocycles. The lowest BCUT2D eigenvalue weighted by atomic mass is 10.1. The van der Waals surface area contributed by atoms with Crippen molar-refractivity contribution in [2.75, 3.05) is 19.6 Å². The van der Waals surface area contributed by atoms with Gasteiger partial charge in [-0.25, -0.2) is 4.79 Å². The fraction of sp³-hybridized carbons (Fsp3) is 0.239. The van der Waals surface area contributed by atoms with Gasteiger partial charge in [-0.05, 0) is 149 Å². The SMILES string of the molecule is CC(C)(Oc1ccc(CCNC(=O)c2ccc(Cl)cc2)cc1)C(=O)NCC(=O)c1ccc(OC(=O)C(C)(C)Oc2ccc(CCNC(=O)c3ccc(Cl)cc3)cc2)cc1. The van der Waals surface area contributed by atoms with Crippen molar-refractivity contribution in [2.24, 2.45) is 0 Å². The number of halogens is 2. The van der Waals surface area contributed by atoms with E-state index in [0.717, 1.165) is 11.1 Å². The number of hydrogen-bond acceptors (Lipinski definition) is 8. The first-order valence-electron chi connectivity index (χ1n) is 18.9. The van der Waals surface area contributed by atoms with Crippen molar-refractivity contribution in [3.05, 3.63) is 159 Å². The summed E-state index contributed by atoms with van der Waals surface area (Å²) in [5.41, 5.74) is 0.660. The van der Waals surface area contributed by atoms with Gasteiger partial charge in [0.05, 0.1) is 6.54 Å². The smallest absolute Gasteiger partial charge is 0.355 e. The van der Waals surface area contributed by atoms with Crippen LogP contribution in [0.5, 0.6) is 17.2 Å². The Kier molecular flexibility index (Phi) is 14.9. The van der Waals surface area contributed by atoms with E-state index in [1.54, 1.807) is 100 Å². The molecule has 0 aliphatic rings. The summed E-state index contributed by atoms with van der Waals surface area (Å²) in [6.07, 6.45) is 1.19. The van der Waals surface area contributed by atoms with Gasteiger partial charge in [0.2, 0.25) is 5.60 Å². The van der Waals surface area contributed by atoms with Crippen molar-refractivity contribution in [3.63, 3.8) is 0 Å². The van der Waals surface area contributed by atoms with Gasteiger partial charge in [0.15, 0.2) is 11.4 Å². The maximum atomic E-state index is 13.1. The number of carbonyl (C=O) groups excluding carboxylic acids is 5. The van der Waals surface area contributed by atoms with Gasteiger partial charge >= 0.3 is 5.97 Å². The average molecular weight is 839 g/mol. The van der Waals surface area contributed by atoms with Gasteiger partial charge in [0.1, 0.15) is 17.2 Å². The third kappa shape index (κ3) is 13.2. The molecule has 306 valence electrons. The van der Waals surface area contributed by atoms with Crippen molar-refractivity contribution in [3.8, 4) is 17.2 Å². The van der Waals surface area contributed by atoms with Crippen LogP contribution in [0.2, 0.25) is 10.0 Å². The molecule has 0 aliphatic heterocycles. The molecule has 0 heterocycles. The number of nitrogens with one attached hydrogen (secondary N) is 3. The minimum Gasteiger partial charge on any atom is -0.478 e. The number of ether oxygens (including phenoxy) is 3. The van der Waals surface area contributed by atoms with Crippen molar-refractivity contribution in [1.29, 1.82) is 0 Å². The molecule has 0 spiro atoms. The number of hydrogen-bond donors (Lipinski definition) is 3. The predicted octanol–water partition coefficient (Wildman–Crippen LogP) is 7.86. The van der Waals surface area contributed by atoms with Crippen LogP contribution in [0, 0.1) is 0 Å². The molecule has 0 fully saturated rings. The van der Waals surface area contributed by atoms with Gasteiger partial charge in [-0.15, -0.1) is 0 Å². The van der Waals surface area contributed by atoms with E-state index in [0.29, 0.717) is 64.2 Å². The molecule has 0 bridgehead atoms. The Morgan fingerprint density at radius 2 is 0.881 bits per heavy atom. The topological polar surface area (TPSA) is 149 Å². The number of amides is 3. The summed E-state index contributed by atoms with van der Waals surface area (Å²) in [6.45, 7) is 6.97. The molecular weight excluding hydrogens is 793 g/mol. The predicted molar refractivity (Wildman–Crippen MR) is 227 cm³/mol. The Labute approximate surface area is 353 Å². The first kappa shape index (κ1) is 43.9. The van der Waals surface area contributed by atoms with E-state index in [1.807, 2.05) is 24.3 Å². The lowest BCUT2D eigenvalue weighted by Crippen LogP contribution is -2.47. The summed E-state index contributed by atoms with van der Waals surface area (Å²) in [6, 6.07) is 33.7. The Hall–Kier alpha value is -6.17. The third-order valence-electron chi connectivity index (χ3n) is 9.04. The average Bonchev–Trinajstić information content (AvgIpc) is 3.21. The lowest BCUT2D eigenvalue weighted by Gasteiger charge is -2.25. The highest BCUT2D eigenvalue weighted by molar-refractivity contribution is 6.31. The van der Waals surface area contributed by atoms with E-state index < -0.39 is 23.1 Å². The molecule has 0 atom stereocenters. The molecular formula is C46H45Cl2N3O8. The van der Waals surface area contributed by atoms with Crippen LogP contribution in [-0.4, -0.2) is 60.3 Å². The van der Waals surface area contributed by atoms with Crippen molar-refractivity contribution < 1.29 is 38.2 Å². The second kappa shape index (κ2) is 20.0. The zero-order chi connectivity index (χ0) is 42.6. The second-order valence-electron chi connectivity index (χ2n) is 14.6. The Morgan fingerprint density at radius 1 is 0.492 bits per heavy atom. The Balaban J connectivity index is 1.02. The Bertz CT molecular complexity index is 2240. The molecule has 11 nitrogen and oxygen atoms in total. The van der Waals surface area contributed by atoms with E-state index in [9.17, 15) is 24.0 Å². The number of rotatable bonds is 18. The van der Waals surface area contributed by atoms with Crippen LogP contribution in [0.3, 0.4) is 0 Å². The van der Waals surface area contributed by atoms with E-state index >= 15 is 0 Å². The van der Waals surface area contributed by atoms with Gasteiger partial charge in [0, 0.05) is 39.8 Å². The van der Waals surface area contributed by atoms with Crippen LogP contribution < -0.4 is 30.2 Å². The molecule has 0 aromatic heterocycles. The summed E-state index contributed by atoms with van der Waals surface area (Å²) < 4.78 is 17.5. The second-order valence-corrected chi connectivity index (χ2v) is 15.4. The number of Topliss-reactive ketones (excluding diaryl/α,β-unsaturated/α-hetero) is 1. The van der Waals surface area contributed by atoms with Gasteiger partial charge in [-0.1, -0.05) is 47.5 Å². The normalized spacial score (nSPS) is 11.2. The molecule has 0 unspecified atom stereocenters. The number of carbonyl (C=O) groups is 5. The zero-order valence-corrected chi connectivity index (χ0v) is 34.6. The monoisotopic (exact) mass is 837 g/mol. The molecule has 5 aromatic rings. The molecule has 0 radical (unpaired) electrons. The molecule has 3 amide bonds. The van der Waals surface area contributed by atoms with E-state index in [-0.39, 0.29) is 29.9 Å². The van der Waals surface area contributed by atoms with E-state index in [2.05, 4.69) is 16.0 Å². The largest absolute Gasteiger partial charge is 0.478 e. The standard InChI is InChI=1S/C46H45Cl2N3O8/c1-45(2,58-38-19-5-30(6-20-38)25-27-49-41(53)33-9-15-35(47)16-10-33)43(55)51-29-40(52)32-13-23-37(24-14-32)57-44(56)46(3,4)59-39-21-7-31(8-22-39)26-28-50-42(54)34-11-17-36(48)18-12-34/h5-24H,25-29H2,1-4H3,(H,49,53)(H,50,54)(H,51,55). The molecule has 59 heavy (non-hydrogen) atoms. The zero-order valence-electron chi connectivity index (χ0n) is 33.1. The van der Waals surface area contributed by atoms with Crippen molar-refractivity contribution in [1.82, 2.24) is 16.0 Å². The van der Waals surface area contributed by atoms with Gasteiger partial charge in [0.25, 0.3) is 17.7 Å². The van der Waals surface area contributed by atoms with Crippen LogP contribution in [0.25, 0.3) is 0 Å². The van der Waals surface area contributed by atoms with Gasteiger partial charge < -0.3 is 30.2 Å². The van der Waals surface area contributed by atoms with Gasteiger partial charge in [-0.2, -0.15) is 0 Å². The summed E-state index contributed by atoms with van der Waals surface area (Å²) in [4.78, 5) is 63.7. The molecule has 0 saturated carbocycles. The van der Waals surface area contributed by atoms with Crippen LogP contribution in [-0.2, 0) is 22.4 Å². The summed E-state index contributed by atoms with van der Waals surface area (Å²) in [5.74, 6) is -0.720. The third-order valence-corrected chi connectivity index (χ3v) is 9.54. The van der Waals surface area contributed by atoms with Crippen LogP contribution in [0.4, 0.5) is 0 Å². The number of benzene rings is 5. The number of esters is 1. The fourth-order valence-electron chi connectivity index (χ4n) is 5.59. The molecule has 0 saturated heterocycles. The van der Waals surface area contributed by atoms with Crippen molar-refractivity contribution in [2.45, 2.75) is 51.7 Å². The maximum Gasteiger partial charge on any atom is 0.355 e. The minimum absolute atomic E-state index is 0.188. The quantitative estimate of drug-likeness (QED) is 0.0459. The van der Waals surface area contributed by atoms with Crippen LogP contribution >= 0.6 is 23.2 Å². The summed E-state index contributed by atoms with van der Waals surface area (Å²) in [5, 5.41) is 9.51. The summed E-state index contributed by atoms with van der Waals surface area (Å²) >= 11 is 11.8. The van der Waals surface area contributed by atoms with E-state index in [1.165, 1.54) is 24.3 Å². The highest BCUT2D eigenvalue weighted by Crippen LogP contribution is 2.23. The first-order chi connectivity index (χ1) is 28.1. The van der Waals surface area contributed by atoms with Crippen LogP contribution in [0.15, 0.2) is 121 Å². The maximum absolute atomic E-state index is 13.1. The molecule has 5 rings (SSSR count). The minimum atomic E-state index is -1.35. The lowest BCUT2D eigenvalue weighted by molar-refractivity contribution is -0.149. The van der Waals surface area contributed by atoms with Crippen molar-refractivity contribution >= 4 is 52.7 Å². The van der Waals surface area contributed by atoms with E-state index in [4.69, 9.17) is 37.4 Å². The molecule has 5 aromatic carbocycles. The Morgan fingerprint density at radius 3 is 1.32 bits per heavy atom. The highest BCUT2D eigenvalue weighted by atomic mass is 35.5. The van der Waals surface area contributed by atoms with Gasteiger partial charge in [-0.3, -0.25) is 19.2 Å². The highest BCUT2D eigenvalue weighted by Gasteiger charge is 2.33. The molecule has 3 N–H and O–H groups in total. The van der Waals surface area contributed by atoms with Crippen LogP contribution in [0.1, 0.15) is 69.9 Å². The first-order valence-corrected chi connectivity index (χ1v) is 19.6. The number of ketones is 1.